The molecule has 4 nitrogen and oxygen atoms in total. The molecular weight excluding hydrogens is 315 g/mol. The standard InChI is InChI=1S/C14H12FN.C3H9NO2S/c15-14-8-7-13(9-16-14)12-5-3-11(4-6-12)10-1-2-10;1-3(2)7(4,5)6/h3-10H,1-2H2;3H,1-2H3,(H2,4,5,6). The second-order valence-corrected chi connectivity index (χ2v) is 8.02. The summed E-state index contributed by atoms with van der Waals surface area (Å²) in [7, 11) is -3.24. The lowest BCUT2D eigenvalue weighted by Gasteiger charge is -2.02. The molecule has 1 aromatic heterocycles. The van der Waals surface area contributed by atoms with Crippen LogP contribution >= 0.6 is 0 Å². The Morgan fingerprint density at radius 1 is 1.09 bits per heavy atom. The first-order valence-electron chi connectivity index (χ1n) is 7.51. The molecule has 0 bridgehead atoms. The fraction of sp³-hybridized carbons (Fsp3) is 0.353. The average molecular weight is 336 g/mol. The van der Waals surface area contributed by atoms with E-state index in [0.717, 1.165) is 17.0 Å². The van der Waals surface area contributed by atoms with Gasteiger partial charge in [-0.1, -0.05) is 24.3 Å². The van der Waals surface area contributed by atoms with Gasteiger partial charge in [-0.25, -0.2) is 18.5 Å². The Kier molecular flexibility index (Phi) is 5.49. The summed E-state index contributed by atoms with van der Waals surface area (Å²) in [6, 6.07) is 11.6. The van der Waals surface area contributed by atoms with E-state index in [1.165, 1.54) is 38.3 Å². The quantitative estimate of drug-likeness (QED) is 0.873. The third-order valence-corrected chi connectivity index (χ3v) is 4.99. The van der Waals surface area contributed by atoms with Gasteiger partial charge in [-0.3, -0.25) is 0 Å². The van der Waals surface area contributed by atoms with Crippen LogP contribution in [0.2, 0.25) is 0 Å². The molecule has 6 heteroatoms. The molecule has 1 aromatic carbocycles. The van der Waals surface area contributed by atoms with Crippen molar-refractivity contribution in [3.05, 3.63) is 54.1 Å². The third-order valence-electron chi connectivity index (χ3n) is 3.68. The van der Waals surface area contributed by atoms with Gasteiger partial charge >= 0.3 is 0 Å². The first-order chi connectivity index (χ1) is 10.8. The summed E-state index contributed by atoms with van der Waals surface area (Å²) >= 11 is 0. The van der Waals surface area contributed by atoms with Crippen molar-refractivity contribution >= 4 is 10.0 Å². The molecule has 0 aliphatic heterocycles. The molecular formula is C17H21FN2O2S. The Labute approximate surface area is 136 Å². The van der Waals surface area contributed by atoms with E-state index in [0.29, 0.717) is 0 Å². The number of hydrogen-bond donors (Lipinski definition) is 1. The largest absolute Gasteiger partial charge is 0.229 e. The monoisotopic (exact) mass is 336 g/mol. The number of pyridine rings is 1. The van der Waals surface area contributed by atoms with Crippen LogP contribution in [0, 0.1) is 5.95 Å². The van der Waals surface area contributed by atoms with Crippen molar-refractivity contribution in [3.63, 3.8) is 0 Å². The number of primary sulfonamides is 1. The zero-order valence-corrected chi connectivity index (χ0v) is 14.1. The predicted octanol–water partition coefficient (Wildman–Crippen LogP) is 3.45. The fourth-order valence-electron chi connectivity index (χ4n) is 1.91. The Morgan fingerprint density at radius 3 is 2.00 bits per heavy atom. The minimum atomic E-state index is -3.24. The highest BCUT2D eigenvalue weighted by molar-refractivity contribution is 7.89. The molecule has 2 aromatic rings. The molecule has 124 valence electrons. The molecule has 0 amide bonds. The molecule has 3 rings (SSSR count). The zero-order valence-electron chi connectivity index (χ0n) is 13.2. The predicted molar refractivity (Wildman–Crippen MR) is 89.8 cm³/mol. The molecule has 1 fully saturated rings. The summed E-state index contributed by atoms with van der Waals surface area (Å²) in [6.45, 7) is 3.07. The van der Waals surface area contributed by atoms with E-state index in [-0.39, 0.29) is 0 Å². The highest BCUT2D eigenvalue weighted by Crippen LogP contribution is 2.40. The SMILES string of the molecule is CC(C)S(N)(=O)=O.Fc1ccc(-c2ccc(C3CC3)cc2)cn1. The Balaban J connectivity index is 0.000000236. The lowest BCUT2D eigenvalue weighted by molar-refractivity contribution is 0.584. The minimum absolute atomic E-state index is 0.432. The van der Waals surface area contributed by atoms with Crippen molar-refractivity contribution in [2.45, 2.75) is 37.9 Å². The summed E-state index contributed by atoms with van der Waals surface area (Å²) in [4.78, 5) is 3.66. The molecule has 1 aliphatic carbocycles. The first-order valence-corrected chi connectivity index (χ1v) is 9.12. The van der Waals surface area contributed by atoms with E-state index < -0.39 is 21.2 Å². The van der Waals surface area contributed by atoms with Crippen LogP contribution in [0.4, 0.5) is 4.39 Å². The van der Waals surface area contributed by atoms with Crippen LogP contribution in [0.3, 0.4) is 0 Å². The van der Waals surface area contributed by atoms with Crippen molar-refractivity contribution in [2.24, 2.45) is 5.14 Å². The average Bonchev–Trinajstić information content (AvgIpc) is 3.33. The molecule has 0 atom stereocenters. The van der Waals surface area contributed by atoms with Crippen LogP contribution in [0.5, 0.6) is 0 Å². The molecule has 2 N–H and O–H groups in total. The van der Waals surface area contributed by atoms with Crippen molar-refractivity contribution in [3.8, 4) is 11.1 Å². The van der Waals surface area contributed by atoms with Crippen molar-refractivity contribution in [1.29, 1.82) is 0 Å². The second-order valence-electron chi connectivity index (χ2n) is 5.90. The second kappa shape index (κ2) is 7.19. The summed E-state index contributed by atoms with van der Waals surface area (Å²) < 4.78 is 32.9. The van der Waals surface area contributed by atoms with Gasteiger partial charge in [0.2, 0.25) is 16.0 Å². The number of nitrogens with zero attached hydrogens (tertiary/aromatic N) is 1. The number of rotatable bonds is 3. The first kappa shape index (κ1) is 17.6. The topological polar surface area (TPSA) is 73.1 Å². The molecule has 1 aliphatic rings. The highest BCUT2D eigenvalue weighted by atomic mass is 32.2. The number of benzene rings is 1. The Hall–Kier alpha value is -1.79. The van der Waals surface area contributed by atoms with Gasteiger partial charge in [0, 0.05) is 11.8 Å². The van der Waals surface area contributed by atoms with Gasteiger partial charge in [0.15, 0.2) is 0 Å². The van der Waals surface area contributed by atoms with Gasteiger partial charge in [0.05, 0.1) is 5.25 Å². The van der Waals surface area contributed by atoms with Crippen molar-refractivity contribution < 1.29 is 12.8 Å². The Morgan fingerprint density at radius 2 is 1.61 bits per heavy atom. The number of aromatic nitrogens is 1. The summed E-state index contributed by atoms with van der Waals surface area (Å²) in [5, 5.41) is 4.20. The number of nitrogens with two attached hydrogens (primary N) is 1. The normalized spacial score (nSPS) is 14.3. The zero-order chi connectivity index (χ0) is 17.0. The maximum atomic E-state index is 12.7. The summed E-state index contributed by atoms with van der Waals surface area (Å²) in [5.74, 6) is 0.346. The number of sulfonamides is 1. The maximum Gasteiger partial charge on any atom is 0.212 e. The maximum absolute atomic E-state index is 12.7. The van der Waals surface area contributed by atoms with Crippen LogP contribution in [0.25, 0.3) is 11.1 Å². The smallest absolute Gasteiger partial charge is 0.212 e. The molecule has 23 heavy (non-hydrogen) atoms. The Bertz CT molecular complexity index is 737. The lowest BCUT2D eigenvalue weighted by atomic mass is 10.0. The van der Waals surface area contributed by atoms with Gasteiger partial charge in [0.1, 0.15) is 0 Å². The van der Waals surface area contributed by atoms with E-state index in [1.807, 2.05) is 0 Å². The summed E-state index contributed by atoms with van der Waals surface area (Å²) in [5.41, 5.74) is 3.47. The lowest BCUT2D eigenvalue weighted by Crippen LogP contribution is -2.22. The molecule has 0 unspecified atom stereocenters. The van der Waals surface area contributed by atoms with E-state index in [9.17, 15) is 12.8 Å². The molecule has 1 heterocycles. The molecule has 0 spiro atoms. The van der Waals surface area contributed by atoms with E-state index in [4.69, 9.17) is 0 Å². The molecule has 0 saturated heterocycles. The minimum Gasteiger partial charge on any atom is -0.229 e. The van der Waals surface area contributed by atoms with E-state index >= 15 is 0 Å². The van der Waals surface area contributed by atoms with Crippen LogP contribution in [0.15, 0.2) is 42.6 Å². The number of hydrogen-bond acceptors (Lipinski definition) is 3. The van der Waals surface area contributed by atoms with E-state index in [2.05, 4.69) is 34.4 Å². The van der Waals surface area contributed by atoms with Crippen LogP contribution in [0.1, 0.15) is 38.2 Å². The molecule has 1 saturated carbocycles. The van der Waals surface area contributed by atoms with Gasteiger partial charge in [-0.05, 0) is 55.9 Å². The molecule has 0 radical (unpaired) electrons. The van der Waals surface area contributed by atoms with E-state index in [1.54, 1.807) is 12.3 Å². The van der Waals surface area contributed by atoms with Gasteiger partial charge in [-0.2, -0.15) is 4.39 Å². The van der Waals surface area contributed by atoms with Crippen molar-refractivity contribution in [2.75, 3.05) is 0 Å². The van der Waals surface area contributed by atoms with Gasteiger partial charge in [0.25, 0.3) is 0 Å². The van der Waals surface area contributed by atoms with Crippen LogP contribution in [-0.4, -0.2) is 18.7 Å². The highest BCUT2D eigenvalue weighted by Gasteiger charge is 2.22. The van der Waals surface area contributed by atoms with Gasteiger partial charge in [-0.15, -0.1) is 0 Å². The fourth-order valence-corrected chi connectivity index (χ4v) is 1.91. The van der Waals surface area contributed by atoms with Gasteiger partial charge < -0.3 is 0 Å². The summed E-state index contributed by atoms with van der Waals surface area (Å²) in [6.07, 6.45) is 4.20. The van der Waals surface area contributed by atoms with Crippen LogP contribution < -0.4 is 5.14 Å². The third kappa shape index (κ3) is 5.41. The number of halogens is 1. The van der Waals surface area contributed by atoms with Crippen LogP contribution in [-0.2, 0) is 10.0 Å². The van der Waals surface area contributed by atoms with Crippen molar-refractivity contribution in [1.82, 2.24) is 4.98 Å².